The monoisotopic (exact) mass is 236 g/mol. The number of nitrogens with two attached hydrogens (primary N) is 1. The van der Waals surface area contributed by atoms with Gasteiger partial charge < -0.3 is 15.7 Å². The molecule has 0 spiro atoms. The van der Waals surface area contributed by atoms with Gasteiger partial charge in [0.1, 0.15) is 6.10 Å². The minimum Gasteiger partial charge on any atom is -0.382 e. The number of nitrogens with zero attached hydrogens (tertiary/aromatic N) is 1. The van der Waals surface area contributed by atoms with Crippen molar-refractivity contribution >= 4 is 5.91 Å². The van der Waals surface area contributed by atoms with Crippen molar-refractivity contribution in [1.82, 2.24) is 4.90 Å². The van der Waals surface area contributed by atoms with Gasteiger partial charge in [0, 0.05) is 20.1 Å². The van der Waals surface area contributed by atoms with Crippen molar-refractivity contribution in [3.05, 3.63) is 34.9 Å². The number of likely N-dealkylation sites (N-methyl/N-ethyl adjacent to an activating group) is 1. The summed E-state index contributed by atoms with van der Waals surface area (Å²) in [5.41, 5.74) is 8.68. The highest BCUT2D eigenvalue weighted by Gasteiger charge is 2.18. The fraction of sp³-hybridized carbons (Fsp3) is 0.462. The highest BCUT2D eigenvalue weighted by atomic mass is 16.3. The van der Waals surface area contributed by atoms with Crippen molar-refractivity contribution in [1.29, 1.82) is 0 Å². The summed E-state index contributed by atoms with van der Waals surface area (Å²) >= 11 is 0. The molecule has 0 saturated heterocycles. The van der Waals surface area contributed by atoms with Crippen LogP contribution in [0, 0.1) is 13.8 Å². The predicted molar refractivity (Wildman–Crippen MR) is 67.5 cm³/mol. The van der Waals surface area contributed by atoms with Gasteiger partial charge in [0.25, 0.3) is 5.91 Å². The van der Waals surface area contributed by atoms with Gasteiger partial charge in [-0.1, -0.05) is 23.8 Å². The number of hydrogen-bond acceptors (Lipinski definition) is 3. The molecule has 17 heavy (non-hydrogen) atoms. The van der Waals surface area contributed by atoms with Gasteiger partial charge in [0.2, 0.25) is 0 Å². The molecule has 4 heteroatoms. The van der Waals surface area contributed by atoms with E-state index in [1.54, 1.807) is 7.05 Å². The molecule has 1 rings (SSSR count). The Hall–Kier alpha value is -1.39. The van der Waals surface area contributed by atoms with E-state index in [0.29, 0.717) is 6.54 Å². The Morgan fingerprint density at radius 3 is 2.65 bits per heavy atom. The van der Waals surface area contributed by atoms with Gasteiger partial charge in [0.15, 0.2) is 0 Å². The molecule has 0 aliphatic carbocycles. The lowest BCUT2D eigenvalue weighted by atomic mass is 10.1. The molecule has 0 bridgehead atoms. The minimum atomic E-state index is -1.11. The molecule has 94 valence electrons. The van der Waals surface area contributed by atoms with E-state index in [0.717, 1.165) is 11.1 Å². The Labute approximate surface area is 102 Å². The van der Waals surface area contributed by atoms with Crippen LogP contribution in [-0.4, -0.2) is 35.6 Å². The molecule has 0 fully saturated rings. The van der Waals surface area contributed by atoms with Crippen LogP contribution >= 0.6 is 0 Å². The maximum Gasteiger partial charge on any atom is 0.252 e. The zero-order valence-corrected chi connectivity index (χ0v) is 10.6. The molecule has 1 unspecified atom stereocenters. The van der Waals surface area contributed by atoms with Gasteiger partial charge in [-0.05, 0) is 25.0 Å². The van der Waals surface area contributed by atoms with Crippen molar-refractivity contribution in [2.45, 2.75) is 26.5 Å². The van der Waals surface area contributed by atoms with Crippen LogP contribution < -0.4 is 5.73 Å². The average Bonchev–Trinajstić information content (AvgIpc) is 2.30. The minimum absolute atomic E-state index is 0.0456. The molecule has 0 aliphatic heterocycles. The maximum atomic E-state index is 11.7. The Kier molecular flexibility index (Phi) is 4.66. The molecular formula is C13H20N2O2. The predicted octanol–water partition coefficient (Wildman–Crippen LogP) is 0.581. The lowest BCUT2D eigenvalue weighted by Crippen LogP contribution is -2.40. The van der Waals surface area contributed by atoms with Gasteiger partial charge in [-0.25, -0.2) is 0 Å². The van der Waals surface area contributed by atoms with Crippen molar-refractivity contribution in [3.8, 4) is 0 Å². The summed E-state index contributed by atoms with van der Waals surface area (Å²) in [5, 5.41) is 9.37. The van der Waals surface area contributed by atoms with E-state index in [1.807, 2.05) is 26.0 Å². The Morgan fingerprint density at radius 1 is 1.47 bits per heavy atom. The van der Waals surface area contributed by atoms with Crippen LogP contribution in [0.1, 0.15) is 16.7 Å². The van der Waals surface area contributed by atoms with Crippen LogP contribution in [0.5, 0.6) is 0 Å². The van der Waals surface area contributed by atoms with Gasteiger partial charge in [-0.2, -0.15) is 0 Å². The van der Waals surface area contributed by atoms with Crippen LogP contribution in [0.2, 0.25) is 0 Å². The SMILES string of the molecule is Cc1ccc(CN(C)C(=O)C(O)CN)c(C)c1. The first-order valence-corrected chi connectivity index (χ1v) is 5.65. The van der Waals surface area contributed by atoms with Crippen LogP contribution in [0.4, 0.5) is 0 Å². The molecule has 1 atom stereocenters. The van der Waals surface area contributed by atoms with Crippen LogP contribution in [0.25, 0.3) is 0 Å². The summed E-state index contributed by atoms with van der Waals surface area (Å²) in [7, 11) is 1.67. The molecular weight excluding hydrogens is 216 g/mol. The van der Waals surface area contributed by atoms with Crippen molar-refractivity contribution in [3.63, 3.8) is 0 Å². The Balaban J connectivity index is 2.74. The molecule has 0 radical (unpaired) electrons. The first kappa shape index (κ1) is 13.7. The number of carbonyl (C=O) groups is 1. The molecule has 3 N–H and O–H groups in total. The maximum absolute atomic E-state index is 11.7. The molecule has 4 nitrogen and oxygen atoms in total. The molecule has 1 aromatic rings. The smallest absolute Gasteiger partial charge is 0.252 e. The number of hydrogen-bond donors (Lipinski definition) is 2. The molecule has 1 amide bonds. The van der Waals surface area contributed by atoms with Gasteiger partial charge >= 0.3 is 0 Å². The first-order valence-electron chi connectivity index (χ1n) is 5.65. The number of amides is 1. The number of carbonyl (C=O) groups excluding carboxylic acids is 1. The van der Waals surface area contributed by atoms with E-state index in [2.05, 4.69) is 6.07 Å². The number of rotatable bonds is 4. The summed E-state index contributed by atoms with van der Waals surface area (Å²) in [6.45, 7) is 4.49. The molecule has 1 aromatic carbocycles. The van der Waals surface area contributed by atoms with E-state index in [9.17, 15) is 9.90 Å². The molecule has 0 aromatic heterocycles. The number of benzene rings is 1. The fourth-order valence-electron chi connectivity index (χ4n) is 1.71. The third-order valence-corrected chi connectivity index (χ3v) is 2.79. The second kappa shape index (κ2) is 5.80. The van der Waals surface area contributed by atoms with Crippen LogP contribution in [-0.2, 0) is 11.3 Å². The zero-order valence-electron chi connectivity index (χ0n) is 10.6. The normalized spacial score (nSPS) is 12.3. The van der Waals surface area contributed by atoms with Gasteiger partial charge in [-0.3, -0.25) is 4.79 Å². The Morgan fingerprint density at radius 2 is 2.12 bits per heavy atom. The Bertz CT molecular complexity index is 404. The lowest BCUT2D eigenvalue weighted by molar-refractivity contribution is -0.138. The number of aliphatic hydroxyl groups excluding tert-OH is 1. The van der Waals surface area contributed by atoms with Gasteiger partial charge in [-0.15, -0.1) is 0 Å². The number of aryl methyl sites for hydroxylation is 2. The van der Waals surface area contributed by atoms with Crippen LogP contribution in [0.15, 0.2) is 18.2 Å². The topological polar surface area (TPSA) is 66.6 Å². The summed E-state index contributed by atoms with van der Waals surface area (Å²) in [6.07, 6.45) is -1.11. The molecule has 0 heterocycles. The largest absolute Gasteiger partial charge is 0.382 e. The summed E-state index contributed by atoms with van der Waals surface area (Å²) in [4.78, 5) is 13.1. The third kappa shape index (κ3) is 3.54. The molecule has 0 saturated carbocycles. The summed E-state index contributed by atoms with van der Waals surface area (Å²) in [6, 6.07) is 6.09. The van der Waals surface area contributed by atoms with E-state index in [1.165, 1.54) is 10.5 Å². The third-order valence-electron chi connectivity index (χ3n) is 2.79. The lowest BCUT2D eigenvalue weighted by Gasteiger charge is -2.21. The van der Waals surface area contributed by atoms with E-state index in [-0.39, 0.29) is 12.5 Å². The average molecular weight is 236 g/mol. The first-order chi connectivity index (χ1) is 7.95. The second-order valence-electron chi connectivity index (χ2n) is 4.38. The number of aliphatic hydroxyl groups is 1. The summed E-state index contributed by atoms with van der Waals surface area (Å²) < 4.78 is 0. The van der Waals surface area contributed by atoms with Crippen molar-refractivity contribution in [2.24, 2.45) is 5.73 Å². The van der Waals surface area contributed by atoms with E-state index >= 15 is 0 Å². The fourth-order valence-corrected chi connectivity index (χ4v) is 1.71. The van der Waals surface area contributed by atoms with Crippen molar-refractivity contribution in [2.75, 3.05) is 13.6 Å². The highest BCUT2D eigenvalue weighted by molar-refractivity contribution is 5.80. The van der Waals surface area contributed by atoms with Crippen LogP contribution in [0.3, 0.4) is 0 Å². The van der Waals surface area contributed by atoms with E-state index in [4.69, 9.17) is 5.73 Å². The quantitative estimate of drug-likeness (QED) is 0.803. The summed E-state index contributed by atoms with van der Waals surface area (Å²) in [5.74, 6) is -0.340. The van der Waals surface area contributed by atoms with E-state index < -0.39 is 6.10 Å². The molecule has 0 aliphatic rings. The van der Waals surface area contributed by atoms with Crippen molar-refractivity contribution < 1.29 is 9.90 Å². The highest BCUT2D eigenvalue weighted by Crippen LogP contribution is 2.12. The van der Waals surface area contributed by atoms with Gasteiger partial charge in [0.05, 0.1) is 0 Å². The zero-order chi connectivity index (χ0) is 13.0. The standard InChI is InChI=1S/C13H20N2O2/c1-9-4-5-11(10(2)6-9)8-15(3)13(17)12(16)7-14/h4-6,12,16H,7-8,14H2,1-3H3. The second-order valence-corrected chi connectivity index (χ2v) is 4.38.